The van der Waals surface area contributed by atoms with Crippen molar-refractivity contribution in [2.24, 2.45) is 0 Å². The fraction of sp³-hybridized carbons (Fsp3) is 0.276. The molecule has 1 aromatic heterocycles. The summed E-state index contributed by atoms with van der Waals surface area (Å²) < 4.78 is 14.3. The van der Waals surface area contributed by atoms with E-state index in [1.54, 1.807) is 53.2 Å². The topological polar surface area (TPSA) is 169 Å². The highest BCUT2D eigenvalue weighted by molar-refractivity contribution is 7.99. The Labute approximate surface area is 245 Å². The molecule has 5 rings (SSSR count). The first-order valence-electron chi connectivity index (χ1n) is 13.2. The van der Waals surface area contributed by atoms with Crippen molar-refractivity contribution in [2.45, 2.75) is 49.5 Å². The highest BCUT2D eigenvalue weighted by Gasteiger charge is 2.32. The number of benzene rings is 3. The Kier molecular flexibility index (Phi) is 9.44. The summed E-state index contributed by atoms with van der Waals surface area (Å²) in [5, 5.41) is 43.2. The number of aromatic hydroxyl groups is 1. The van der Waals surface area contributed by atoms with Crippen LogP contribution in [-0.4, -0.2) is 59.3 Å². The van der Waals surface area contributed by atoms with E-state index >= 15 is 0 Å². The number of aliphatic hydroxyl groups excluding tert-OH is 1. The number of ether oxygens (including phenoxy) is 2. The fourth-order valence-corrected chi connectivity index (χ4v) is 5.29. The summed E-state index contributed by atoms with van der Waals surface area (Å²) in [7, 11) is 0. The van der Waals surface area contributed by atoms with Gasteiger partial charge in [0, 0.05) is 29.8 Å². The minimum Gasteiger partial charge on any atom is -0.508 e. The number of phenols is 1. The van der Waals surface area contributed by atoms with Gasteiger partial charge in [-0.15, -0.1) is 5.10 Å². The number of rotatable bonds is 11. The molecule has 0 bridgehead atoms. The van der Waals surface area contributed by atoms with Crippen LogP contribution in [0.5, 0.6) is 5.75 Å². The molecule has 0 spiro atoms. The average Bonchev–Trinajstić information content (AvgIpc) is 3.48. The highest BCUT2D eigenvalue weighted by Crippen LogP contribution is 2.39. The maximum atomic E-state index is 12.0. The number of aliphatic carboxylic acids is 1. The van der Waals surface area contributed by atoms with E-state index in [1.165, 1.54) is 11.8 Å². The van der Waals surface area contributed by atoms with Crippen LogP contribution in [0.1, 0.15) is 48.3 Å². The van der Waals surface area contributed by atoms with Gasteiger partial charge in [-0.1, -0.05) is 48.2 Å². The monoisotopic (exact) mass is 591 g/mol. The zero-order valence-corrected chi connectivity index (χ0v) is 23.2. The van der Waals surface area contributed by atoms with Gasteiger partial charge in [0.25, 0.3) is 0 Å². The molecule has 12 nitrogen and oxygen atoms in total. The average molecular weight is 592 g/mol. The Balaban J connectivity index is 1.30. The molecule has 3 aromatic carbocycles. The molecule has 42 heavy (non-hydrogen) atoms. The van der Waals surface area contributed by atoms with Gasteiger partial charge in [-0.2, -0.15) is 4.68 Å². The predicted octanol–water partition coefficient (Wildman–Crippen LogP) is 4.00. The minimum absolute atomic E-state index is 0.0499. The van der Waals surface area contributed by atoms with Gasteiger partial charge in [-0.3, -0.25) is 9.59 Å². The maximum Gasteiger partial charge on any atom is 0.303 e. The summed E-state index contributed by atoms with van der Waals surface area (Å²) >= 11 is 1.44. The van der Waals surface area contributed by atoms with Gasteiger partial charge in [0.2, 0.25) is 11.1 Å². The number of anilines is 1. The molecular weight excluding hydrogens is 562 g/mol. The third-order valence-electron chi connectivity index (χ3n) is 6.58. The Morgan fingerprint density at radius 2 is 1.67 bits per heavy atom. The van der Waals surface area contributed by atoms with Gasteiger partial charge < -0.3 is 30.1 Å². The number of tetrazole rings is 1. The van der Waals surface area contributed by atoms with Crippen molar-refractivity contribution in [3.8, 4) is 11.4 Å². The molecular formula is C29H29N5O7S. The molecule has 1 fully saturated rings. The quantitative estimate of drug-likeness (QED) is 0.186. The summed E-state index contributed by atoms with van der Waals surface area (Å²) in [4.78, 5) is 22.8. The SMILES string of the molecule is O=C(O)CCC(=O)Nc1ccc([C@@H]2O[C@H](CSc3nnnn3-c3ccc(O)cc3)C[C@H](c3ccc(CO)cc3)O2)cc1. The molecule has 2 heterocycles. The van der Waals surface area contributed by atoms with Crippen LogP contribution in [0.3, 0.4) is 0 Å². The molecule has 0 saturated carbocycles. The van der Waals surface area contributed by atoms with E-state index in [1.807, 2.05) is 24.3 Å². The van der Waals surface area contributed by atoms with Gasteiger partial charge in [-0.05, 0) is 58.0 Å². The van der Waals surface area contributed by atoms with Crippen LogP contribution in [0.2, 0.25) is 0 Å². The van der Waals surface area contributed by atoms with Crippen molar-refractivity contribution < 1.29 is 34.4 Å². The summed E-state index contributed by atoms with van der Waals surface area (Å²) in [6.45, 7) is -0.0499. The first-order chi connectivity index (χ1) is 20.4. The van der Waals surface area contributed by atoms with Gasteiger partial charge in [0.15, 0.2) is 6.29 Å². The van der Waals surface area contributed by atoms with Crippen LogP contribution in [-0.2, 0) is 25.7 Å². The molecule has 13 heteroatoms. The van der Waals surface area contributed by atoms with Crippen molar-refractivity contribution in [1.82, 2.24) is 20.2 Å². The molecule has 0 unspecified atom stereocenters. The summed E-state index contributed by atoms with van der Waals surface area (Å²) in [6, 6.07) is 21.2. The van der Waals surface area contributed by atoms with Crippen LogP contribution in [0.15, 0.2) is 78.0 Å². The normalized spacial score (nSPS) is 18.5. The third-order valence-corrected chi connectivity index (χ3v) is 7.63. The van der Waals surface area contributed by atoms with Crippen molar-refractivity contribution in [3.05, 3.63) is 89.5 Å². The number of carbonyl (C=O) groups excluding carboxylic acids is 1. The Bertz CT molecular complexity index is 1500. The lowest BCUT2D eigenvalue weighted by Crippen LogP contribution is -2.31. The van der Waals surface area contributed by atoms with E-state index < -0.39 is 12.3 Å². The second-order valence-electron chi connectivity index (χ2n) is 9.61. The number of carboxylic acids is 1. The van der Waals surface area contributed by atoms with Crippen molar-refractivity contribution >= 4 is 29.3 Å². The minimum atomic E-state index is -1.03. The third kappa shape index (κ3) is 7.50. The number of thioether (sulfide) groups is 1. The molecule has 218 valence electrons. The molecule has 1 aliphatic rings. The van der Waals surface area contributed by atoms with Gasteiger partial charge in [0.1, 0.15) is 5.75 Å². The fourth-order valence-electron chi connectivity index (χ4n) is 4.38. The van der Waals surface area contributed by atoms with Crippen LogP contribution in [0.25, 0.3) is 5.69 Å². The van der Waals surface area contributed by atoms with Crippen LogP contribution < -0.4 is 5.32 Å². The molecule has 3 atom stereocenters. The van der Waals surface area contributed by atoms with Crippen LogP contribution >= 0.6 is 11.8 Å². The number of hydrogen-bond acceptors (Lipinski definition) is 10. The van der Waals surface area contributed by atoms with Gasteiger partial charge >= 0.3 is 5.97 Å². The van der Waals surface area contributed by atoms with Crippen molar-refractivity contribution in [3.63, 3.8) is 0 Å². The number of aliphatic hydroxyl groups is 1. The van der Waals surface area contributed by atoms with E-state index in [-0.39, 0.29) is 43.3 Å². The molecule has 0 aliphatic carbocycles. The largest absolute Gasteiger partial charge is 0.508 e. The lowest BCUT2D eigenvalue weighted by atomic mass is 10.0. The lowest BCUT2D eigenvalue weighted by Gasteiger charge is -2.36. The van der Waals surface area contributed by atoms with Gasteiger partial charge in [-0.25, -0.2) is 0 Å². The first kappa shape index (κ1) is 29.2. The number of nitrogens with zero attached hydrogens (tertiary/aromatic N) is 4. The molecule has 1 aliphatic heterocycles. The van der Waals surface area contributed by atoms with E-state index in [0.717, 1.165) is 16.7 Å². The van der Waals surface area contributed by atoms with Crippen LogP contribution in [0, 0.1) is 0 Å². The number of amides is 1. The zero-order valence-electron chi connectivity index (χ0n) is 22.4. The van der Waals surface area contributed by atoms with E-state index in [9.17, 15) is 19.8 Å². The predicted molar refractivity (Wildman–Crippen MR) is 152 cm³/mol. The number of carbonyl (C=O) groups is 2. The maximum absolute atomic E-state index is 12.0. The molecule has 4 N–H and O–H groups in total. The Morgan fingerprint density at radius 1 is 0.952 bits per heavy atom. The Hall–Kier alpha value is -4.30. The van der Waals surface area contributed by atoms with E-state index in [4.69, 9.17) is 14.6 Å². The van der Waals surface area contributed by atoms with Crippen molar-refractivity contribution in [1.29, 1.82) is 0 Å². The summed E-state index contributed by atoms with van der Waals surface area (Å²) in [6.07, 6.45) is -1.01. The first-order valence-corrected chi connectivity index (χ1v) is 14.2. The second-order valence-corrected chi connectivity index (χ2v) is 10.6. The summed E-state index contributed by atoms with van der Waals surface area (Å²) in [5.74, 6) is -0.735. The number of phenolic OH excluding ortho intramolecular Hbond substituents is 1. The van der Waals surface area contributed by atoms with Crippen molar-refractivity contribution in [2.75, 3.05) is 11.1 Å². The second kappa shape index (κ2) is 13.6. The lowest BCUT2D eigenvalue weighted by molar-refractivity contribution is -0.245. The Morgan fingerprint density at radius 3 is 2.36 bits per heavy atom. The van der Waals surface area contributed by atoms with Gasteiger partial charge in [0.05, 0.1) is 30.9 Å². The molecule has 4 aromatic rings. The van der Waals surface area contributed by atoms with Crippen LogP contribution in [0.4, 0.5) is 5.69 Å². The highest BCUT2D eigenvalue weighted by atomic mass is 32.2. The number of carboxylic acid groups (broad SMARTS) is 1. The smallest absolute Gasteiger partial charge is 0.303 e. The van der Waals surface area contributed by atoms with E-state index in [2.05, 4.69) is 20.8 Å². The number of hydrogen-bond donors (Lipinski definition) is 4. The standard InChI is InChI=1S/C29H29N5O7S/c35-16-18-1-3-19(4-2-18)25-15-24(17-42-29-31-32-33-34(29)22-9-11-23(36)12-10-22)40-28(41-25)20-5-7-21(8-6-20)30-26(37)13-14-27(38)39/h1-12,24-25,28,35-36H,13-17H2,(H,30,37)(H,38,39)/t24-,25+,28+/m0/s1. The summed E-state index contributed by atoms with van der Waals surface area (Å²) in [5.41, 5.74) is 3.75. The zero-order chi connectivity index (χ0) is 29.5. The number of aromatic nitrogens is 4. The number of nitrogens with one attached hydrogen (secondary N) is 1. The molecule has 1 saturated heterocycles. The van der Waals surface area contributed by atoms with E-state index in [0.29, 0.717) is 28.7 Å². The molecule has 1 amide bonds. The molecule has 0 radical (unpaired) electrons.